The van der Waals surface area contributed by atoms with E-state index in [0.717, 1.165) is 18.5 Å². The fourth-order valence-electron chi connectivity index (χ4n) is 4.03. The van der Waals surface area contributed by atoms with Gasteiger partial charge in [-0.3, -0.25) is 4.79 Å². The maximum absolute atomic E-state index is 12.8. The molecule has 0 aromatic heterocycles. The number of carbonyl (C=O) groups excluding carboxylic acids is 1. The molecule has 31 heavy (non-hydrogen) atoms. The van der Waals surface area contributed by atoms with Gasteiger partial charge in [0.25, 0.3) is 0 Å². The quantitative estimate of drug-likeness (QED) is 0.476. The maximum Gasteiger partial charge on any atom is 0.229 e. The molecule has 2 unspecified atom stereocenters. The lowest BCUT2D eigenvalue weighted by molar-refractivity contribution is -0.123. The van der Waals surface area contributed by atoms with Gasteiger partial charge in [-0.1, -0.05) is 87.3 Å². The summed E-state index contributed by atoms with van der Waals surface area (Å²) in [7, 11) is -1.84. The SMILES string of the molecule is CC(C)(C)C(=O)Nc1cc(C2CCCCC2O[Si](C)(C)C(C)(C)C)ccc1C(C)(C)C. The molecule has 1 amide bonds. The van der Waals surface area contributed by atoms with E-state index in [1.54, 1.807) is 0 Å². The molecule has 2 atom stereocenters. The third-order valence-corrected chi connectivity index (χ3v) is 11.7. The summed E-state index contributed by atoms with van der Waals surface area (Å²) >= 11 is 0. The zero-order valence-corrected chi connectivity index (χ0v) is 23.0. The first-order valence-corrected chi connectivity index (χ1v) is 15.0. The van der Waals surface area contributed by atoms with Crippen LogP contribution in [0.25, 0.3) is 0 Å². The number of nitrogens with one attached hydrogen (secondary N) is 1. The molecule has 0 bridgehead atoms. The van der Waals surface area contributed by atoms with Crippen LogP contribution in [0, 0.1) is 5.41 Å². The van der Waals surface area contributed by atoms with Crippen molar-refractivity contribution in [2.75, 3.05) is 5.32 Å². The van der Waals surface area contributed by atoms with Gasteiger partial charge in [0, 0.05) is 17.0 Å². The van der Waals surface area contributed by atoms with Gasteiger partial charge in [0.1, 0.15) is 0 Å². The Morgan fingerprint density at radius 1 is 0.968 bits per heavy atom. The molecule has 1 N–H and O–H groups in total. The van der Waals surface area contributed by atoms with Crippen LogP contribution >= 0.6 is 0 Å². The summed E-state index contributed by atoms with van der Waals surface area (Å²) in [6, 6.07) is 6.75. The molecule has 1 aromatic carbocycles. The summed E-state index contributed by atoms with van der Waals surface area (Å²) in [6.07, 6.45) is 5.03. The zero-order valence-electron chi connectivity index (χ0n) is 22.0. The van der Waals surface area contributed by atoms with E-state index in [1.165, 1.54) is 24.0 Å². The minimum absolute atomic E-state index is 0.0391. The molecule has 1 aromatic rings. The van der Waals surface area contributed by atoms with Crippen LogP contribution < -0.4 is 5.32 Å². The Balaban J connectivity index is 2.43. The molecule has 0 radical (unpaired) electrons. The van der Waals surface area contributed by atoms with Gasteiger partial charge in [-0.05, 0) is 53.6 Å². The second-order valence-corrected chi connectivity index (χ2v) is 17.8. The van der Waals surface area contributed by atoms with Crippen molar-refractivity contribution in [3.05, 3.63) is 29.3 Å². The van der Waals surface area contributed by atoms with Crippen molar-refractivity contribution < 1.29 is 9.22 Å². The molecule has 2 rings (SSSR count). The van der Waals surface area contributed by atoms with Crippen molar-refractivity contribution in [1.82, 2.24) is 0 Å². The van der Waals surface area contributed by atoms with Crippen LogP contribution in [-0.4, -0.2) is 20.3 Å². The lowest BCUT2D eigenvalue weighted by Crippen LogP contribution is -2.46. The smallest absolute Gasteiger partial charge is 0.229 e. The normalized spacial score (nSPS) is 21.1. The lowest BCUT2D eigenvalue weighted by atomic mass is 9.79. The van der Waals surface area contributed by atoms with E-state index in [1.807, 2.05) is 20.8 Å². The van der Waals surface area contributed by atoms with Crippen molar-refractivity contribution in [2.24, 2.45) is 5.41 Å². The average molecular weight is 446 g/mol. The minimum atomic E-state index is -1.84. The largest absolute Gasteiger partial charge is 0.413 e. The number of carbonyl (C=O) groups is 1. The van der Waals surface area contributed by atoms with Crippen LogP contribution in [0.1, 0.15) is 105 Å². The topological polar surface area (TPSA) is 38.3 Å². The second kappa shape index (κ2) is 9.01. The van der Waals surface area contributed by atoms with Crippen LogP contribution in [-0.2, 0) is 14.6 Å². The maximum atomic E-state index is 12.8. The molecule has 4 heteroatoms. The average Bonchev–Trinajstić information content (AvgIpc) is 2.59. The molecule has 0 aliphatic heterocycles. The zero-order chi connectivity index (χ0) is 23.8. The van der Waals surface area contributed by atoms with E-state index in [9.17, 15) is 4.79 Å². The molecule has 1 aliphatic rings. The molecular weight excluding hydrogens is 398 g/mol. The molecule has 1 aliphatic carbocycles. The Morgan fingerprint density at radius 3 is 2.06 bits per heavy atom. The van der Waals surface area contributed by atoms with Gasteiger partial charge in [0.05, 0.1) is 6.10 Å². The predicted octanol–water partition coefficient (Wildman–Crippen LogP) is 8.02. The highest BCUT2D eigenvalue weighted by Gasteiger charge is 2.41. The third-order valence-electron chi connectivity index (χ3n) is 7.16. The van der Waals surface area contributed by atoms with Gasteiger partial charge in [0.2, 0.25) is 5.91 Å². The standard InChI is InChI=1S/C27H47NO2Si/c1-25(2,3)21-17-16-19(18-22(21)28-24(29)26(4,5)6)20-14-12-13-15-23(20)30-31(10,11)27(7,8)9/h16-18,20,23H,12-15H2,1-11H3,(H,28,29). The Labute approximate surface area is 192 Å². The van der Waals surface area contributed by atoms with Gasteiger partial charge < -0.3 is 9.74 Å². The van der Waals surface area contributed by atoms with Crippen LogP contribution in [0.2, 0.25) is 18.1 Å². The monoisotopic (exact) mass is 445 g/mol. The highest BCUT2D eigenvalue weighted by Crippen LogP contribution is 2.44. The third kappa shape index (κ3) is 6.44. The minimum Gasteiger partial charge on any atom is -0.413 e. The summed E-state index contributed by atoms with van der Waals surface area (Å²) < 4.78 is 6.93. The van der Waals surface area contributed by atoms with Crippen molar-refractivity contribution in [1.29, 1.82) is 0 Å². The first kappa shape index (κ1) is 26.1. The van der Waals surface area contributed by atoms with E-state index >= 15 is 0 Å². The van der Waals surface area contributed by atoms with E-state index in [2.05, 4.69) is 78.2 Å². The summed E-state index contributed by atoms with van der Waals surface area (Å²) in [4.78, 5) is 12.8. The number of rotatable bonds is 4. The van der Waals surface area contributed by atoms with Gasteiger partial charge in [0.15, 0.2) is 8.32 Å². The van der Waals surface area contributed by atoms with Crippen molar-refractivity contribution in [2.45, 2.75) is 124 Å². The molecule has 1 saturated carbocycles. The Bertz CT molecular complexity index is 778. The van der Waals surface area contributed by atoms with Gasteiger partial charge in [-0.2, -0.15) is 0 Å². The number of benzene rings is 1. The Hall–Kier alpha value is -1.13. The molecule has 1 fully saturated rings. The first-order chi connectivity index (χ1) is 13.9. The summed E-state index contributed by atoms with van der Waals surface area (Å²) in [5.74, 6) is 0.454. The van der Waals surface area contributed by atoms with Gasteiger partial charge in [-0.25, -0.2) is 0 Å². The molecule has 0 heterocycles. The van der Waals surface area contributed by atoms with E-state index in [4.69, 9.17) is 4.43 Å². The van der Waals surface area contributed by atoms with Crippen molar-refractivity contribution in [3.8, 4) is 0 Å². The van der Waals surface area contributed by atoms with Gasteiger partial charge in [-0.15, -0.1) is 0 Å². The van der Waals surface area contributed by atoms with Crippen LogP contribution in [0.4, 0.5) is 5.69 Å². The van der Waals surface area contributed by atoms with Crippen LogP contribution in [0.3, 0.4) is 0 Å². The summed E-state index contributed by atoms with van der Waals surface area (Å²) in [5.41, 5.74) is 2.99. The summed E-state index contributed by atoms with van der Waals surface area (Å²) in [6.45, 7) is 24.2. The lowest BCUT2D eigenvalue weighted by Gasteiger charge is -2.43. The van der Waals surface area contributed by atoms with Crippen LogP contribution in [0.15, 0.2) is 18.2 Å². The van der Waals surface area contributed by atoms with Crippen LogP contribution in [0.5, 0.6) is 0 Å². The number of anilines is 1. The Morgan fingerprint density at radius 2 is 1.55 bits per heavy atom. The fraction of sp³-hybridized carbons (Fsp3) is 0.741. The second-order valence-electron chi connectivity index (χ2n) is 13.1. The molecule has 0 spiro atoms. The van der Waals surface area contributed by atoms with E-state index < -0.39 is 13.7 Å². The fourth-order valence-corrected chi connectivity index (χ4v) is 5.43. The van der Waals surface area contributed by atoms with Crippen molar-refractivity contribution >= 4 is 19.9 Å². The molecule has 3 nitrogen and oxygen atoms in total. The highest BCUT2D eigenvalue weighted by atomic mass is 28.4. The number of amides is 1. The predicted molar refractivity (Wildman–Crippen MR) is 137 cm³/mol. The van der Waals surface area contributed by atoms with E-state index in [-0.39, 0.29) is 22.5 Å². The van der Waals surface area contributed by atoms with Gasteiger partial charge >= 0.3 is 0 Å². The summed E-state index contributed by atoms with van der Waals surface area (Å²) in [5, 5.41) is 3.46. The first-order valence-electron chi connectivity index (χ1n) is 12.1. The number of hydrogen-bond acceptors (Lipinski definition) is 2. The van der Waals surface area contributed by atoms with Crippen molar-refractivity contribution in [3.63, 3.8) is 0 Å². The van der Waals surface area contributed by atoms with E-state index in [0.29, 0.717) is 5.92 Å². The molecular formula is C27H47NO2Si. The molecule has 0 saturated heterocycles. The number of hydrogen-bond donors (Lipinski definition) is 1. The Kier molecular flexibility index (Phi) is 7.60. The molecule has 176 valence electrons. The highest BCUT2D eigenvalue weighted by molar-refractivity contribution is 6.74.